The highest BCUT2D eigenvalue weighted by Gasteiger charge is 2.29. The molecule has 0 saturated heterocycles. The van der Waals surface area contributed by atoms with Gasteiger partial charge in [0.1, 0.15) is 0 Å². The smallest absolute Gasteiger partial charge is 0.255 e. The predicted octanol–water partition coefficient (Wildman–Crippen LogP) is 4.23. The van der Waals surface area contributed by atoms with Crippen LogP contribution in [-0.4, -0.2) is 29.3 Å². The first kappa shape index (κ1) is 14.0. The fourth-order valence-corrected chi connectivity index (χ4v) is 2.61. The van der Waals surface area contributed by atoms with Crippen molar-refractivity contribution >= 4 is 40.7 Å². The van der Waals surface area contributed by atoms with Crippen LogP contribution in [0.2, 0.25) is 10.0 Å². The van der Waals surface area contributed by atoms with Crippen molar-refractivity contribution in [3.05, 3.63) is 33.8 Å². The van der Waals surface area contributed by atoms with Gasteiger partial charge in [-0.15, -0.1) is 11.6 Å². The maximum Gasteiger partial charge on any atom is 0.255 e. The van der Waals surface area contributed by atoms with Gasteiger partial charge in [0.05, 0.1) is 10.6 Å². The molecule has 0 aliphatic heterocycles. The average molecular weight is 307 g/mol. The number of hydrogen-bond donors (Lipinski definition) is 0. The SMILES string of the molecule is O=C(c1cc(Cl)ccc1Cl)N(CCCl)C1CCC1. The zero-order valence-corrected chi connectivity index (χ0v) is 12.1. The van der Waals surface area contributed by atoms with Gasteiger partial charge in [-0.1, -0.05) is 23.2 Å². The summed E-state index contributed by atoms with van der Waals surface area (Å²) in [5.74, 6) is 0.355. The first-order chi connectivity index (χ1) is 8.63. The second-order valence-corrected chi connectivity index (χ2v) is 5.62. The fraction of sp³-hybridized carbons (Fsp3) is 0.462. The van der Waals surface area contributed by atoms with E-state index in [4.69, 9.17) is 34.8 Å². The Morgan fingerprint density at radius 1 is 1.33 bits per heavy atom. The lowest BCUT2D eigenvalue weighted by Crippen LogP contribution is -2.45. The predicted molar refractivity (Wildman–Crippen MR) is 75.9 cm³/mol. The number of carbonyl (C=O) groups excluding carboxylic acids is 1. The van der Waals surface area contributed by atoms with Crippen LogP contribution in [0, 0.1) is 0 Å². The second-order valence-electron chi connectivity index (χ2n) is 4.40. The third-order valence-corrected chi connectivity index (χ3v) is 3.99. The summed E-state index contributed by atoms with van der Waals surface area (Å²) in [4.78, 5) is 14.3. The Bertz CT molecular complexity index is 446. The van der Waals surface area contributed by atoms with Crippen molar-refractivity contribution in [1.82, 2.24) is 4.90 Å². The van der Waals surface area contributed by atoms with E-state index in [-0.39, 0.29) is 5.91 Å². The van der Waals surface area contributed by atoms with E-state index in [2.05, 4.69) is 0 Å². The fourth-order valence-electron chi connectivity index (χ4n) is 2.06. The normalized spacial score (nSPS) is 15.3. The van der Waals surface area contributed by atoms with E-state index in [1.807, 2.05) is 4.90 Å². The zero-order valence-electron chi connectivity index (χ0n) is 9.83. The molecule has 0 unspecified atom stereocenters. The maximum absolute atomic E-state index is 12.5. The Morgan fingerprint density at radius 2 is 2.06 bits per heavy atom. The molecule has 1 saturated carbocycles. The Labute approximate surface area is 122 Å². The monoisotopic (exact) mass is 305 g/mol. The molecule has 1 fully saturated rings. The summed E-state index contributed by atoms with van der Waals surface area (Å²) in [5.41, 5.74) is 0.459. The average Bonchev–Trinajstić information content (AvgIpc) is 2.28. The van der Waals surface area contributed by atoms with Crippen LogP contribution in [-0.2, 0) is 0 Å². The Kier molecular flexibility index (Phi) is 4.77. The molecule has 0 heterocycles. The van der Waals surface area contributed by atoms with Crippen LogP contribution < -0.4 is 0 Å². The van der Waals surface area contributed by atoms with E-state index in [1.54, 1.807) is 18.2 Å². The molecule has 0 bridgehead atoms. The Hall–Kier alpha value is -0.440. The lowest BCUT2D eigenvalue weighted by atomic mass is 9.91. The summed E-state index contributed by atoms with van der Waals surface area (Å²) in [6.45, 7) is 0.550. The van der Waals surface area contributed by atoms with E-state index >= 15 is 0 Å². The van der Waals surface area contributed by atoms with Crippen molar-refractivity contribution < 1.29 is 4.79 Å². The number of carbonyl (C=O) groups is 1. The first-order valence-corrected chi connectivity index (χ1v) is 7.24. The molecule has 0 spiro atoms. The molecule has 2 rings (SSSR count). The summed E-state index contributed by atoms with van der Waals surface area (Å²) < 4.78 is 0. The summed E-state index contributed by atoms with van der Waals surface area (Å²) in [6.07, 6.45) is 3.25. The Morgan fingerprint density at radius 3 is 2.61 bits per heavy atom. The molecule has 0 radical (unpaired) electrons. The summed E-state index contributed by atoms with van der Waals surface area (Å²) in [7, 11) is 0. The van der Waals surface area contributed by atoms with Gasteiger partial charge in [0.2, 0.25) is 0 Å². The number of rotatable bonds is 4. The molecule has 5 heteroatoms. The molecule has 0 atom stereocenters. The van der Waals surface area contributed by atoms with Crippen LogP contribution >= 0.6 is 34.8 Å². The molecular formula is C13H14Cl3NO. The van der Waals surface area contributed by atoms with Crippen molar-refractivity contribution in [2.24, 2.45) is 0 Å². The number of amides is 1. The summed E-state index contributed by atoms with van der Waals surface area (Å²) >= 11 is 17.7. The third kappa shape index (κ3) is 2.93. The highest BCUT2D eigenvalue weighted by atomic mass is 35.5. The van der Waals surface area contributed by atoms with Crippen molar-refractivity contribution in [2.75, 3.05) is 12.4 Å². The molecule has 0 N–H and O–H groups in total. The van der Waals surface area contributed by atoms with E-state index in [1.165, 1.54) is 6.42 Å². The molecule has 1 aliphatic carbocycles. The topological polar surface area (TPSA) is 20.3 Å². The minimum atomic E-state index is -0.0761. The van der Waals surface area contributed by atoms with Crippen LogP contribution in [0.1, 0.15) is 29.6 Å². The number of halogens is 3. The van der Waals surface area contributed by atoms with Gasteiger partial charge >= 0.3 is 0 Å². The van der Waals surface area contributed by atoms with Crippen molar-refractivity contribution in [3.63, 3.8) is 0 Å². The molecule has 1 amide bonds. The molecule has 1 aromatic carbocycles. The van der Waals surface area contributed by atoms with Crippen LogP contribution in [0.25, 0.3) is 0 Å². The van der Waals surface area contributed by atoms with Gasteiger partial charge in [-0.25, -0.2) is 0 Å². The maximum atomic E-state index is 12.5. The van der Waals surface area contributed by atoms with Gasteiger partial charge in [0, 0.05) is 23.5 Å². The molecule has 0 aromatic heterocycles. The standard InChI is InChI=1S/C13H14Cl3NO/c14-6-7-17(10-2-1-3-10)13(18)11-8-9(15)4-5-12(11)16/h4-5,8,10H,1-3,6-7H2. The van der Waals surface area contributed by atoms with Gasteiger partial charge < -0.3 is 4.90 Å². The molecule has 1 aliphatic rings. The van der Waals surface area contributed by atoms with E-state index in [9.17, 15) is 4.79 Å². The van der Waals surface area contributed by atoms with Crippen LogP contribution in [0.5, 0.6) is 0 Å². The van der Waals surface area contributed by atoms with Gasteiger partial charge in [0.15, 0.2) is 0 Å². The van der Waals surface area contributed by atoms with Gasteiger partial charge in [-0.05, 0) is 37.5 Å². The zero-order chi connectivity index (χ0) is 13.1. The molecule has 18 heavy (non-hydrogen) atoms. The van der Waals surface area contributed by atoms with E-state index in [0.29, 0.717) is 34.1 Å². The lowest BCUT2D eigenvalue weighted by Gasteiger charge is -2.37. The Balaban J connectivity index is 2.23. The number of alkyl halides is 1. The lowest BCUT2D eigenvalue weighted by molar-refractivity contribution is 0.0598. The van der Waals surface area contributed by atoms with E-state index in [0.717, 1.165) is 12.8 Å². The third-order valence-electron chi connectivity index (χ3n) is 3.26. The largest absolute Gasteiger partial charge is 0.334 e. The number of nitrogens with zero attached hydrogens (tertiary/aromatic N) is 1. The van der Waals surface area contributed by atoms with Crippen LogP contribution in [0.15, 0.2) is 18.2 Å². The first-order valence-electron chi connectivity index (χ1n) is 5.95. The summed E-state index contributed by atoms with van der Waals surface area (Å²) in [6, 6.07) is 5.24. The van der Waals surface area contributed by atoms with Crippen LogP contribution in [0.3, 0.4) is 0 Å². The minimum absolute atomic E-state index is 0.0761. The molecule has 1 aromatic rings. The highest BCUT2D eigenvalue weighted by molar-refractivity contribution is 6.35. The van der Waals surface area contributed by atoms with Crippen molar-refractivity contribution in [1.29, 1.82) is 0 Å². The second kappa shape index (κ2) is 6.14. The molecule has 98 valence electrons. The van der Waals surface area contributed by atoms with Crippen molar-refractivity contribution in [2.45, 2.75) is 25.3 Å². The quantitative estimate of drug-likeness (QED) is 0.762. The van der Waals surface area contributed by atoms with Crippen LogP contribution in [0.4, 0.5) is 0 Å². The van der Waals surface area contributed by atoms with Gasteiger partial charge in [-0.3, -0.25) is 4.79 Å². The van der Waals surface area contributed by atoms with Gasteiger partial charge in [0.25, 0.3) is 5.91 Å². The molecule has 2 nitrogen and oxygen atoms in total. The number of benzene rings is 1. The summed E-state index contributed by atoms with van der Waals surface area (Å²) in [5, 5.41) is 0.950. The van der Waals surface area contributed by atoms with E-state index < -0.39 is 0 Å². The minimum Gasteiger partial charge on any atom is -0.334 e. The number of hydrogen-bond acceptors (Lipinski definition) is 1. The molecular weight excluding hydrogens is 293 g/mol. The van der Waals surface area contributed by atoms with Gasteiger partial charge in [-0.2, -0.15) is 0 Å². The van der Waals surface area contributed by atoms with Crippen molar-refractivity contribution in [3.8, 4) is 0 Å². The highest BCUT2D eigenvalue weighted by Crippen LogP contribution is 2.28.